The van der Waals surface area contributed by atoms with Crippen LogP contribution in [0.5, 0.6) is 0 Å². The third-order valence-electron chi connectivity index (χ3n) is 3.39. The molecule has 0 aliphatic carbocycles. The number of amides is 2. The van der Waals surface area contributed by atoms with Crippen LogP contribution in [0.15, 0.2) is 35.0 Å². The molecule has 0 radical (unpaired) electrons. The minimum Gasteiger partial charge on any atom is -0.346 e. The van der Waals surface area contributed by atoms with E-state index in [0.717, 1.165) is 17.7 Å². The van der Waals surface area contributed by atoms with E-state index in [9.17, 15) is 18.4 Å². The van der Waals surface area contributed by atoms with Gasteiger partial charge in [0.2, 0.25) is 0 Å². The van der Waals surface area contributed by atoms with Crippen LogP contribution in [0.25, 0.3) is 0 Å². The monoisotopic (exact) mass is 353 g/mol. The van der Waals surface area contributed by atoms with E-state index in [1.165, 1.54) is 11.3 Å². The quantitative estimate of drug-likeness (QED) is 0.812. The Hall–Kier alpha value is -2.32. The maximum atomic E-state index is 13.5. The van der Waals surface area contributed by atoms with Crippen LogP contribution in [-0.4, -0.2) is 37.4 Å². The Balaban J connectivity index is 1.95. The highest BCUT2D eigenvalue weighted by molar-refractivity contribution is 7.07. The number of likely N-dealkylation sites (N-methyl/N-ethyl adjacent to an activating group) is 1. The van der Waals surface area contributed by atoms with Gasteiger partial charge < -0.3 is 15.5 Å². The lowest BCUT2D eigenvalue weighted by molar-refractivity contribution is -0.136. The van der Waals surface area contributed by atoms with Crippen LogP contribution in [0.2, 0.25) is 0 Å². The molecule has 2 N–H and O–H groups in total. The molecule has 5 nitrogen and oxygen atoms in total. The maximum absolute atomic E-state index is 13.5. The largest absolute Gasteiger partial charge is 0.346 e. The van der Waals surface area contributed by atoms with Gasteiger partial charge in [-0.2, -0.15) is 11.3 Å². The van der Waals surface area contributed by atoms with E-state index in [4.69, 9.17) is 0 Å². The fourth-order valence-electron chi connectivity index (χ4n) is 2.10. The fraction of sp³-hybridized carbons (Fsp3) is 0.250. The smallest absolute Gasteiger partial charge is 0.313 e. The summed E-state index contributed by atoms with van der Waals surface area (Å²) in [6.45, 7) is 0.224. The minimum absolute atomic E-state index is 0.0874. The Morgan fingerprint density at radius 3 is 2.54 bits per heavy atom. The predicted octanol–water partition coefficient (Wildman–Crippen LogP) is 2.38. The first-order valence-corrected chi connectivity index (χ1v) is 8.05. The molecule has 0 fully saturated rings. The van der Waals surface area contributed by atoms with Crippen LogP contribution in [0.3, 0.4) is 0 Å². The zero-order valence-corrected chi connectivity index (χ0v) is 14.0. The van der Waals surface area contributed by atoms with E-state index in [2.05, 4.69) is 10.6 Å². The number of rotatable bonds is 5. The lowest BCUT2D eigenvalue weighted by atomic mass is 10.1. The normalized spacial score (nSPS) is 12.0. The zero-order valence-electron chi connectivity index (χ0n) is 13.2. The van der Waals surface area contributed by atoms with Crippen molar-refractivity contribution in [3.05, 3.63) is 52.2 Å². The molecule has 8 heteroatoms. The van der Waals surface area contributed by atoms with Gasteiger partial charge in [0, 0.05) is 12.6 Å². The summed E-state index contributed by atoms with van der Waals surface area (Å²) in [5.41, 5.74) is 0.772. The number of benzene rings is 1. The van der Waals surface area contributed by atoms with Crippen LogP contribution in [0.4, 0.5) is 14.5 Å². The number of nitrogens with one attached hydrogen (secondary N) is 2. The highest BCUT2D eigenvalue weighted by Gasteiger charge is 2.20. The highest BCUT2D eigenvalue weighted by Crippen LogP contribution is 2.20. The molecule has 1 aromatic carbocycles. The summed E-state index contributed by atoms with van der Waals surface area (Å²) in [4.78, 5) is 25.6. The number of halogens is 2. The second-order valence-corrected chi connectivity index (χ2v) is 6.10. The first kappa shape index (κ1) is 18.0. The zero-order chi connectivity index (χ0) is 17.7. The molecule has 1 aromatic heterocycles. The van der Waals surface area contributed by atoms with Crippen LogP contribution in [0.1, 0.15) is 11.6 Å². The van der Waals surface area contributed by atoms with E-state index in [1.807, 2.05) is 35.8 Å². The van der Waals surface area contributed by atoms with Crippen molar-refractivity contribution in [3.63, 3.8) is 0 Å². The standard InChI is InChI=1S/C16H17F2N3O2S/c1-21(2)14(10-5-6-24-9-10)8-19-15(22)16(23)20-13-4-3-11(17)7-12(13)18/h3-7,9,14H,8H2,1-2H3,(H,19,22)(H,20,23)/t14-/m0/s1. The molecule has 0 bridgehead atoms. The highest BCUT2D eigenvalue weighted by atomic mass is 32.1. The Morgan fingerprint density at radius 2 is 1.96 bits per heavy atom. The molecule has 1 atom stereocenters. The van der Waals surface area contributed by atoms with E-state index >= 15 is 0 Å². The minimum atomic E-state index is -1.01. The summed E-state index contributed by atoms with van der Waals surface area (Å²) in [6.07, 6.45) is 0. The molecule has 0 spiro atoms. The first-order valence-electron chi connectivity index (χ1n) is 7.11. The van der Waals surface area contributed by atoms with Crippen LogP contribution >= 0.6 is 11.3 Å². The van der Waals surface area contributed by atoms with Crippen molar-refractivity contribution in [1.82, 2.24) is 10.2 Å². The lowest BCUT2D eigenvalue weighted by Gasteiger charge is -2.23. The molecule has 2 amide bonds. The molecule has 0 saturated carbocycles. The van der Waals surface area contributed by atoms with Crippen molar-refractivity contribution in [3.8, 4) is 0 Å². The van der Waals surface area contributed by atoms with Gasteiger partial charge in [-0.05, 0) is 48.6 Å². The van der Waals surface area contributed by atoms with E-state index < -0.39 is 23.4 Å². The number of carbonyl (C=O) groups is 2. The summed E-state index contributed by atoms with van der Waals surface area (Å²) < 4.78 is 26.3. The maximum Gasteiger partial charge on any atom is 0.313 e. The van der Waals surface area contributed by atoms with Crippen molar-refractivity contribution in [1.29, 1.82) is 0 Å². The number of thiophene rings is 1. The van der Waals surface area contributed by atoms with Crippen molar-refractivity contribution in [2.24, 2.45) is 0 Å². The molecular weight excluding hydrogens is 336 g/mol. The Labute approximate surface area is 142 Å². The summed E-state index contributed by atoms with van der Waals surface area (Å²) in [5.74, 6) is -3.61. The van der Waals surface area contributed by atoms with Gasteiger partial charge in [-0.25, -0.2) is 8.78 Å². The van der Waals surface area contributed by atoms with Crippen molar-refractivity contribution < 1.29 is 18.4 Å². The second-order valence-electron chi connectivity index (χ2n) is 5.32. The SMILES string of the molecule is CN(C)[C@@H](CNC(=O)C(=O)Nc1ccc(F)cc1F)c1ccsc1. The van der Waals surface area contributed by atoms with Crippen LogP contribution in [-0.2, 0) is 9.59 Å². The number of nitrogens with zero attached hydrogens (tertiary/aromatic N) is 1. The molecule has 24 heavy (non-hydrogen) atoms. The predicted molar refractivity (Wildman–Crippen MR) is 88.7 cm³/mol. The van der Waals surface area contributed by atoms with Crippen LogP contribution < -0.4 is 10.6 Å². The van der Waals surface area contributed by atoms with Crippen molar-refractivity contribution >= 4 is 28.8 Å². The Morgan fingerprint density at radius 1 is 1.21 bits per heavy atom. The molecule has 0 unspecified atom stereocenters. The lowest BCUT2D eigenvalue weighted by Crippen LogP contribution is -2.40. The molecule has 0 aliphatic heterocycles. The molecule has 0 saturated heterocycles. The molecule has 1 heterocycles. The molecular formula is C16H17F2N3O2S. The fourth-order valence-corrected chi connectivity index (χ4v) is 2.81. The van der Waals surface area contributed by atoms with Gasteiger partial charge in [0.1, 0.15) is 11.6 Å². The van der Waals surface area contributed by atoms with E-state index in [0.29, 0.717) is 6.07 Å². The Bertz CT molecular complexity index is 720. The molecule has 128 valence electrons. The third-order valence-corrected chi connectivity index (χ3v) is 4.09. The van der Waals surface area contributed by atoms with E-state index in [-0.39, 0.29) is 18.3 Å². The van der Waals surface area contributed by atoms with Gasteiger partial charge in [-0.1, -0.05) is 0 Å². The number of anilines is 1. The average Bonchev–Trinajstić information content (AvgIpc) is 3.03. The first-order chi connectivity index (χ1) is 11.4. The molecule has 0 aliphatic rings. The summed E-state index contributed by atoms with van der Waals surface area (Å²) in [5, 5.41) is 8.53. The summed E-state index contributed by atoms with van der Waals surface area (Å²) in [6, 6.07) is 4.54. The van der Waals surface area contributed by atoms with Gasteiger partial charge >= 0.3 is 11.8 Å². The number of hydrogen-bond donors (Lipinski definition) is 2. The molecule has 2 aromatic rings. The molecule has 2 rings (SSSR count). The van der Waals surface area contributed by atoms with Crippen molar-refractivity contribution in [2.75, 3.05) is 26.0 Å². The average molecular weight is 353 g/mol. The number of carbonyl (C=O) groups excluding carboxylic acids is 2. The van der Waals surface area contributed by atoms with Gasteiger partial charge in [0.25, 0.3) is 0 Å². The van der Waals surface area contributed by atoms with E-state index in [1.54, 1.807) is 0 Å². The summed E-state index contributed by atoms with van der Waals surface area (Å²) >= 11 is 1.54. The van der Waals surface area contributed by atoms with Gasteiger partial charge in [-0.15, -0.1) is 0 Å². The Kier molecular flexibility index (Phi) is 5.99. The van der Waals surface area contributed by atoms with Crippen molar-refractivity contribution in [2.45, 2.75) is 6.04 Å². The van der Waals surface area contributed by atoms with Gasteiger partial charge in [0.15, 0.2) is 0 Å². The summed E-state index contributed by atoms with van der Waals surface area (Å²) in [7, 11) is 3.73. The topological polar surface area (TPSA) is 61.4 Å². The second kappa shape index (κ2) is 7.98. The van der Waals surface area contributed by atoms with Gasteiger partial charge in [-0.3, -0.25) is 9.59 Å². The van der Waals surface area contributed by atoms with Gasteiger partial charge in [0.05, 0.1) is 11.7 Å². The number of hydrogen-bond acceptors (Lipinski definition) is 4. The van der Waals surface area contributed by atoms with Crippen LogP contribution in [0, 0.1) is 11.6 Å². The third kappa shape index (κ3) is 4.59.